The Bertz CT molecular complexity index is 647. The fraction of sp³-hybridized carbons (Fsp3) is 0.722. The fourth-order valence-corrected chi connectivity index (χ4v) is 2.65. The van der Waals surface area contributed by atoms with Crippen molar-refractivity contribution in [3.8, 4) is 0 Å². The molecule has 1 fully saturated rings. The molecule has 1 aliphatic heterocycles. The number of nitrogens with one attached hydrogen (secondary N) is 1. The van der Waals surface area contributed by atoms with E-state index in [0.29, 0.717) is 0 Å². The third kappa shape index (κ3) is 7.68. The van der Waals surface area contributed by atoms with Gasteiger partial charge in [0, 0.05) is 33.6 Å². The molecule has 5 atom stereocenters. The summed E-state index contributed by atoms with van der Waals surface area (Å²) in [6.07, 6.45) is -5.01. The van der Waals surface area contributed by atoms with Crippen LogP contribution in [0.25, 0.3) is 0 Å². The molecule has 1 N–H and O–H groups in total. The number of rotatable bonds is 7. The maximum absolute atomic E-state index is 12.3. The Kier molecular flexibility index (Phi) is 9.02. The summed E-state index contributed by atoms with van der Waals surface area (Å²) in [6.45, 7) is 7.46. The molecular formula is C18H27NO10. The smallest absolute Gasteiger partial charge is 0.305 e. The minimum atomic E-state index is -1.38. The highest BCUT2D eigenvalue weighted by atomic mass is 16.7. The van der Waals surface area contributed by atoms with Gasteiger partial charge in [-0.05, 0) is 0 Å². The van der Waals surface area contributed by atoms with Gasteiger partial charge < -0.3 is 29.0 Å². The number of ether oxygens (including phenoxy) is 5. The van der Waals surface area contributed by atoms with E-state index in [1.807, 2.05) is 0 Å². The summed E-state index contributed by atoms with van der Waals surface area (Å²) in [7, 11) is 0. The Labute approximate surface area is 168 Å². The van der Waals surface area contributed by atoms with E-state index >= 15 is 0 Å². The predicted molar refractivity (Wildman–Crippen MR) is 94.9 cm³/mol. The van der Waals surface area contributed by atoms with E-state index in [4.69, 9.17) is 23.7 Å². The Hall–Kier alpha value is -2.69. The quantitative estimate of drug-likeness (QED) is 0.438. The van der Waals surface area contributed by atoms with E-state index < -0.39 is 66.3 Å². The van der Waals surface area contributed by atoms with E-state index in [0.717, 1.165) is 20.8 Å². The zero-order valence-corrected chi connectivity index (χ0v) is 17.3. The van der Waals surface area contributed by atoms with E-state index in [2.05, 4.69) is 5.32 Å². The normalized spacial score (nSPS) is 26.2. The van der Waals surface area contributed by atoms with Crippen LogP contribution in [-0.4, -0.2) is 67.0 Å². The van der Waals surface area contributed by atoms with Crippen molar-refractivity contribution < 1.29 is 47.7 Å². The molecule has 1 amide bonds. The number of carbonyl (C=O) groups is 5. The maximum Gasteiger partial charge on any atom is 0.305 e. The van der Waals surface area contributed by atoms with Crippen LogP contribution in [0.2, 0.25) is 0 Å². The molecule has 1 rings (SSSR count). The van der Waals surface area contributed by atoms with Crippen LogP contribution in [0.15, 0.2) is 0 Å². The van der Waals surface area contributed by atoms with Gasteiger partial charge in [-0.15, -0.1) is 0 Å². The molecule has 1 heterocycles. The third-order valence-electron chi connectivity index (χ3n) is 3.82. The molecule has 11 heteroatoms. The average molecular weight is 417 g/mol. The molecule has 0 spiro atoms. The standard InChI is InChI=1S/C18H27NO10/c1-8(2)17(24)19-14-16(27-11(5)22)15(26-10(4)21)13(7-25-9(3)20)29-18(14)28-12(6)23/h8,13-16,18H,7H2,1-6H3,(H,19,24)/t13-,14+,15-,16-,18-/m0/s1. The molecule has 11 nitrogen and oxygen atoms in total. The van der Waals surface area contributed by atoms with Crippen LogP contribution in [0.5, 0.6) is 0 Å². The van der Waals surface area contributed by atoms with Crippen molar-refractivity contribution in [2.45, 2.75) is 72.2 Å². The van der Waals surface area contributed by atoms with E-state index in [1.165, 1.54) is 6.92 Å². The summed E-state index contributed by atoms with van der Waals surface area (Å²) in [5.41, 5.74) is 0. The molecule has 0 aromatic rings. The van der Waals surface area contributed by atoms with Gasteiger partial charge >= 0.3 is 23.9 Å². The molecule has 29 heavy (non-hydrogen) atoms. The molecule has 0 bridgehead atoms. The van der Waals surface area contributed by atoms with Gasteiger partial charge in [-0.25, -0.2) is 0 Å². The van der Waals surface area contributed by atoms with Crippen molar-refractivity contribution in [3.05, 3.63) is 0 Å². The van der Waals surface area contributed by atoms with Gasteiger partial charge in [-0.2, -0.15) is 0 Å². The molecule has 0 aliphatic carbocycles. The van der Waals surface area contributed by atoms with Gasteiger partial charge in [-0.3, -0.25) is 24.0 Å². The molecule has 0 radical (unpaired) electrons. The topological polar surface area (TPSA) is 144 Å². The second kappa shape index (κ2) is 10.7. The second-order valence-electron chi connectivity index (χ2n) is 6.79. The summed E-state index contributed by atoms with van der Waals surface area (Å²) < 4.78 is 26.3. The van der Waals surface area contributed by atoms with Crippen LogP contribution >= 0.6 is 0 Å². The summed E-state index contributed by atoms with van der Waals surface area (Å²) >= 11 is 0. The minimum Gasteiger partial charge on any atom is -0.463 e. The van der Waals surface area contributed by atoms with Crippen LogP contribution in [-0.2, 0) is 47.7 Å². The number of esters is 4. The average Bonchev–Trinajstić information content (AvgIpc) is 2.56. The van der Waals surface area contributed by atoms with Gasteiger partial charge in [0.05, 0.1) is 0 Å². The largest absolute Gasteiger partial charge is 0.463 e. The molecule has 0 aromatic heterocycles. The van der Waals surface area contributed by atoms with Crippen molar-refractivity contribution in [1.29, 1.82) is 0 Å². The number of hydrogen-bond donors (Lipinski definition) is 1. The Morgan fingerprint density at radius 1 is 0.828 bits per heavy atom. The fourth-order valence-electron chi connectivity index (χ4n) is 2.65. The molecule has 1 aliphatic rings. The number of amides is 1. The zero-order chi connectivity index (χ0) is 22.3. The number of hydrogen-bond acceptors (Lipinski definition) is 10. The molecule has 164 valence electrons. The number of carbonyl (C=O) groups excluding carboxylic acids is 5. The van der Waals surface area contributed by atoms with Crippen molar-refractivity contribution in [1.82, 2.24) is 5.32 Å². The predicted octanol–water partition coefficient (Wildman–Crippen LogP) is -0.158. The van der Waals surface area contributed by atoms with Crippen LogP contribution in [0, 0.1) is 5.92 Å². The summed E-state index contributed by atoms with van der Waals surface area (Å²) in [5, 5.41) is 2.60. The van der Waals surface area contributed by atoms with Crippen LogP contribution in [0.4, 0.5) is 0 Å². The van der Waals surface area contributed by atoms with Crippen molar-refractivity contribution >= 4 is 29.8 Å². The molecular weight excluding hydrogens is 390 g/mol. The summed E-state index contributed by atoms with van der Waals surface area (Å²) in [4.78, 5) is 58.3. The summed E-state index contributed by atoms with van der Waals surface area (Å²) in [5.74, 6) is -3.69. The van der Waals surface area contributed by atoms with Crippen LogP contribution in [0.3, 0.4) is 0 Å². The molecule has 0 saturated carbocycles. The van der Waals surface area contributed by atoms with Gasteiger partial charge in [-0.1, -0.05) is 13.8 Å². The zero-order valence-electron chi connectivity index (χ0n) is 17.3. The highest BCUT2D eigenvalue weighted by molar-refractivity contribution is 5.78. The Morgan fingerprint density at radius 2 is 1.34 bits per heavy atom. The SMILES string of the molecule is CC(=O)OC[C@@H]1O[C@H](OC(C)=O)[C@H](NC(=O)C(C)C)[C@H](OC(C)=O)[C@H]1OC(C)=O. The van der Waals surface area contributed by atoms with Crippen molar-refractivity contribution in [2.24, 2.45) is 5.92 Å². The molecule has 0 aromatic carbocycles. The Balaban J connectivity index is 3.34. The molecule has 0 unspecified atom stereocenters. The lowest BCUT2D eigenvalue weighted by atomic mass is 9.95. The lowest BCUT2D eigenvalue weighted by Crippen LogP contribution is -2.67. The summed E-state index contributed by atoms with van der Waals surface area (Å²) in [6, 6.07) is -1.17. The molecule has 1 saturated heterocycles. The lowest BCUT2D eigenvalue weighted by molar-refractivity contribution is -0.271. The van der Waals surface area contributed by atoms with Gasteiger partial charge in [0.15, 0.2) is 12.2 Å². The highest BCUT2D eigenvalue weighted by Crippen LogP contribution is 2.28. The monoisotopic (exact) mass is 417 g/mol. The third-order valence-corrected chi connectivity index (χ3v) is 3.82. The van der Waals surface area contributed by atoms with E-state index in [-0.39, 0.29) is 6.61 Å². The first-order chi connectivity index (χ1) is 13.4. The minimum absolute atomic E-state index is 0.367. The maximum atomic E-state index is 12.3. The van der Waals surface area contributed by atoms with E-state index in [9.17, 15) is 24.0 Å². The van der Waals surface area contributed by atoms with Crippen molar-refractivity contribution in [2.75, 3.05) is 6.61 Å². The van der Waals surface area contributed by atoms with Gasteiger partial charge in [0.2, 0.25) is 12.2 Å². The van der Waals surface area contributed by atoms with E-state index in [1.54, 1.807) is 13.8 Å². The highest BCUT2D eigenvalue weighted by Gasteiger charge is 2.52. The Morgan fingerprint density at radius 3 is 1.79 bits per heavy atom. The first-order valence-electron chi connectivity index (χ1n) is 9.03. The first-order valence-corrected chi connectivity index (χ1v) is 9.03. The van der Waals surface area contributed by atoms with Crippen LogP contribution < -0.4 is 5.32 Å². The lowest BCUT2D eigenvalue weighted by Gasteiger charge is -2.44. The van der Waals surface area contributed by atoms with Gasteiger partial charge in [0.25, 0.3) is 0 Å². The second-order valence-corrected chi connectivity index (χ2v) is 6.79. The van der Waals surface area contributed by atoms with Gasteiger partial charge in [0.1, 0.15) is 18.8 Å². The van der Waals surface area contributed by atoms with Crippen molar-refractivity contribution in [3.63, 3.8) is 0 Å². The van der Waals surface area contributed by atoms with Crippen LogP contribution in [0.1, 0.15) is 41.5 Å². The first kappa shape index (κ1) is 24.3.